The van der Waals surface area contributed by atoms with Crippen LogP contribution in [0.5, 0.6) is 0 Å². The van der Waals surface area contributed by atoms with Crippen molar-refractivity contribution in [3.63, 3.8) is 0 Å². The molecule has 1 saturated heterocycles. The van der Waals surface area contributed by atoms with Gasteiger partial charge in [-0.3, -0.25) is 15.0 Å². The number of fused-ring (bicyclic) bond motifs is 1. The van der Waals surface area contributed by atoms with Crippen LogP contribution in [-0.2, 0) is 6.54 Å². The Hall–Kier alpha value is -2.55. The molecule has 0 bridgehead atoms. The Bertz CT molecular complexity index is 1110. The molecule has 8 heteroatoms. The number of nitrogens with one attached hydrogen (secondary N) is 1. The number of para-hydroxylation sites is 1. The molecule has 0 aliphatic carbocycles. The molecular weight excluding hydrogens is 404 g/mol. The number of thiazole rings is 2. The van der Waals surface area contributed by atoms with Crippen LogP contribution < -0.4 is 5.32 Å². The van der Waals surface area contributed by atoms with Crippen molar-refractivity contribution in [2.24, 2.45) is 0 Å². The summed E-state index contributed by atoms with van der Waals surface area (Å²) in [7, 11) is 0. The smallest absolute Gasteiger partial charge is 0.293 e. The second kappa shape index (κ2) is 8.06. The molecule has 1 amide bonds. The van der Waals surface area contributed by atoms with Crippen molar-refractivity contribution in [3.8, 4) is 10.8 Å². The molecule has 29 heavy (non-hydrogen) atoms. The molecule has 4 aromatic rings. The van der Waals surface area contributed by atoms with E-state index in [0.717, 1.165) is 40.6 Å². The van der Waals surface area contributed by atoms with Crippen molar-refractivity contribution in [2.75, 3.05) is 18.4 Å². The van der Waals surface area contributed by atoms with Crippen molar-refractivity contribution in [2.45, 2.75) is 25.8 Å². The largest absolute Gasteiger partial charge is 0.448 e. The molecule has 6 nitrogen and oxygen atoms in total. The Labute approximate surface area is 176 Å². The predicted molar refractivity (Wildman–Crippen MR) is 117 cm³/mol. The standard InChI is InChI=1S/C21H20N4O2S2/c26-19(24-21-22-14(13-28-21)12-25-10-4-1-5-11-25)16-8-9-17(27-16)20-23-15-6-2-3-7-18(15)29-20/h2-3,6-9,13H,1,4-5,10-12H2,(H,22,24,26). The first-order chi connectivity index (χ1) is 14.2. The molecule has 0 saturated carbocycles. The van der Waals surface area contributed by atoms with Gasteiger partial charge in [0.1, 0.15) is 0 Å². The number of piperidine rings is 1. The fourth-order valence-electron chi connectivity index (χ4n) is 3.49. The summed E-state index contributed by atoms with van der Waals surface area (Å²) in [5.41, 5.74) is 1.93. The summed E-state index contributed by atoms with van der Waals surface area (Å²) >= 11 is 2.99. The molecule has 1 aromatic carbocycles. The van der Waals surface area contributed by atoms with Crippen LogP contribution in [0.25, 0.3) is 21.0 Å². The van der Waals surface area contributed by atoms with Gasteiger partial charge in [0, 0.05) is 11.9 Å². The van der Waals surface area contributed by atoms with Crippen molar-refractivity contribution >= 4 is 43.9 Å². The minimum atomic E-state index is -0.295. The van der Waals surface area contributed by atoms with E-state index in [4.69, 9.17) is 4.42 Å². The van der Waals surface area contributed by atoms with Crippen LogP contribution in [-0.4, -0.2) is 33.9 Å². The zero-order chi connectivity index (χ0) is 19.6. The minimum Gasteiger partial charge on any atom is -0.448 e. The Morgan fingerprint density at radius 2 is 1.97 bits per heavy atom. The lowest BCUT2D eigenvalue weighted by Gasteiger charge is -2.25. The number of hydrogen-bond acceptors (Lipinski definition) is 7. The first-order valence-corrected chi connectivity index (χ1v) is 11.4. The van der Waals surface area contributed by atoms with Crippen LogP contribution in [0.3, 0.4) is 0 Å². The fourth-order valence-corrected chi connectivity index (χ4v) is 5.12. The second-order valence-corrected chi connectivity index (χ2v) is 8.97. The molecular formula is C21H20N4O2S2. The van der Waals surface area contributed by atoms with Gasteiger partial charge in [-0.25, -0.2) is 9.97 Å². The van der Waals surface area contributed by atoms with E-state index in [2.05, 4.69) is 20.2 Å². The second-order valence-electron chi connectivity index (χ2n) is 7.09. The number of anilines is 1. The van der Waals surface area contributed by atoms with Gasteiger partial charge >= 0.3 is 0 Å². The van der Waals surface area contributed by atoms with E-state index in [1.807, 2.05) is 29.6 Å². The average molecular weight is 425 g/mol. The van der Waals surface area contributed by atoms with Crippen LogP contribution in [0.1, 0.15) is 35.5 Å². The quantitative estimate of drug-likeness (QED) is 0.474. The van der Waals surface area contributed by atoms with E-state index < -0.39 is 0 Å². The summed E-state index contributed by atoms with van der Waals surface area (Å²) in [5.74, 6) is 0.560. The number of hydrogen-bond donors (Lipinski definition) is 1. The zero-order valence-electron chi connectivity index (χ0n) is 15.8. The maximum absolute atomic E-state index is 12.6. The third-order valence-corrected chi connectivity index (χ3v) is 6.80. The predicted octanol–water partition coefficient (Wildman–Crippen LogP) is 5.25. The van der Waals surface area contributed by atoms with Crippen LogP contribution in [0, 0.1) is 0 Å². The van der Waals surface area contributed by atoms with Gasteiger partial charge < -0.3 is 4.42 Å². The molecule has 0 radical (unpaired) electrons. The molecule has 0 atom stereocenters. The van der Waals surface area contributed by atoms with Crippen molar-refractivity contribution < 1.29 is 9.21 Å². The van der Waals surface area contributed by atoms with E-state index in [9.17, 15) is 4.79 Å². The molecule has 1 aliphatic heterocycles. The number of benzene rings is 1. The van der Waals surface area contributed by atoms with E-state index in [1.165, 1.54) is 30.6 Å². The number of carbonyl (C=O) groups excluding carboxylic acids is 1. The third-order valence-electron chi connectivity index (χ3n) is 4.94. The van der Waals surface area contributed by atoms with Crippen LogP contribution in [0.15, 0.2) is 46.2 Å². The number of rotatable bonds is 5. The highest BCUT2D eigenvalue weighted by atomic mass is 32.1. The van der Waals surface area contributed by atoms with Crippen LogP contribution in [0.4, 0.5) is 5.13 Å². The number of nitrogens with zero attached hydrogens (tertiary/aromatic N) is 3. The van der Waals surface area contributed by atoms with Gasteiger partial charge in [0.25, 0.3) is 5.91 Å². The molecule has 4 heterocycles. The molecule has 1 aliphatic rings. The number of aromatic nitrogens is 2. The maximum atomic E-state index is 12.6. The van der Waals surface area contributed by atoms with Gasteiger partial charge in [0.15, 0.2) is 21.7 Å². The monoisotopic (exact) mass is 424 g/mol. The third kappa shape index (κ3) is 4.10. The lowest BCUT2D eigenvalue weighted by molar-refractivity contribution is 0.0997. The lowest BCUT2D eigenvalue weighted by atomic mass is 10.1. The number of likely N-dealkylation sites (tertiary alicyclic amines) is 1. The summed E-state index contributed by atoms with van der Waals surface area (Å²) in [6, 6.07) is 11.4. The van der Waals surface area contributed by atoms with Crippen molar-refractivity contribution in [1.29, 1.82) is 0 Å². The van der Waals surface area contributed by atoms with Gasteiger partial charge in [0.05, 0.1) is 15.9 Å². The molecule has 0 unspecified atom stereocenters. The highest BCUT2D eigenvalue weighted by molar-refractivity contribution is 7.21. The SMILES string of the molecule is O=C(Nc1nc(CN2CCCCC2)cs1)c1ccc(-c2nc3ccccc3s2)o1. The summed E-state index contributed by atoms with van der Waals surface area (Å²) in [5, 5.41) is 6.22. The molecule has 1 N–H and O–H groups in total. The Kier molecular flexibility index (Phi) is 5.13. The maximum Gasteiger partial charge on any atom is 0.293 e. The first-order valence-electron chi connectivity index (χ1n) is 9.68. The fraction of sp³-hybridized carbons (Fsp3) is 0.286. The summed E-state index contributed by atoms with van der Waals surface area (Å²) in [4.78, 5) is 24.1. The normalized spacial score (nSPS) is 15.0. The highest BCUT2D eigenvalue weighted by Crippen LogP contribution is 2.31. The summed E-state index contributed by atoms with van der Waals surface area (Å²) < 4.78 is 6.86. The van der Waals surface area contributed by atoms with E-state index in [1.54, 1.807) is 23.5 Å². The van der Waals surface area contributed by atoms with Gasteiger partial charge in [0.2, 0.25) is 0 Å². The van der Waals surface area contributed by atoms with Crippen LogP contribution in [0.2, 0.25) is 0 Å². The Morgan fingerprint density at radius 3 is 2.83 bits per heavy atom. The number of furan rings is 1. The number of amides is 1. The summed E-state index contributed by atoms with van der Waals surface area (Å²) in [6.45, 7) is 3.09. The Morgan fingerprint density at radius 1 is 1.10 bits per heavy atom. The van der Waals surface area contributed by atoms with E-state index in [0.29, 0.717) is 10.9 Å². The first kappa shape index (κ1) is 18.5. The highest BCUT2D eigenvalue weighted by Gasteiger charge is 2.17. The van der Waals surface area contributed by atoms with Gasteiger partial charge in [-0.15, -0.1) is 22.7 Å². The lowest BCUT2D eigenvalue weighted by Crippen LogP contribution is -2.29. The van der Waals surface area contributed by atoms with E-state index >= 15 is 0 Å². The molecule has 1 fully saturated rings. The average Bonchev–Trinajstić information content (AvgIpc) is 3.48. The molecule has 3 aromatic heterocycles. The van der Waals surface area contributed by atoms with E-state index in [-0.39, 0.29) is 11.7 Å². The van der Waals surface area contributed by atoms with Crippen molar-refractivity contribution in [3.05, 3.63) is 53.2 Å². The van der Waals surface area contributed by atoms with Crippen LogP contribution >= 0.6 is 22.7 Å². The topological polar surface area (TPSA) is 71.3 Å². The number of carbonyl (C=O) groups is 1. The van der Waals surface area contributed by atoms with Crippen molar-refractivity contribution in [1.82, 2.24) is 14.9 Å². The molecule has 0 spiro atoms. The molecule has 5 rings (SSSR count). The zero-order valence-corrected chi connectivity index (χ0v) is 17.4. The summed E-state index contributed by atoms with van der Waals surface area (Å²) in [6.07, 6.45) is 3.82. The minimum absolute atomic E-state index is 0.257. The molecule has 148 valence electrons. The Balaban J connectivity index is 1.25. The van der Waals surface area contributed by atoms with Gasteiger partial charge in [-0.05, 0) is 50.2 Å². The van der Waals surface area contributed by atoms with Gasteiger partial charge in [-0.1, -0.05) is 18.6 Å². The van der Waals surface area contributed by atoms with Gasteiger partial charge in [-0.2, -0.15) is 0 Å².